The van der Waals surface area contributed by atoms with Gasteiger partial charge in [0.25, 0.3) is 0 Å². The maximum atomic E-state index is 13.5. The molecule has 0 bridgehead atoms. The lowest BCUT2D eigenvalue weighted by Crippen LogP contribution is -2.66. The minimum absolute atomic E-state index is 0.0214. The molecule has 0 fully saturated rings. The number of halogens is 4. The van der Waals surface area contributed by atoms with Crippen molar-refractivity contribution in [3.05, 3.63) is 53.3 Å². The first-order chi connectivity index (χ1) is 11.8. The first-order valence-electron chi connectivity index (χ1n) is 6.98. The number of aromatic nitrogens is 1. The summed E-state index contributed by atoms with van der Waals surface area (Å²) in [5.74, 6) is -3.74. The van der Waals surface area contributed by atoms with Crippen LogP contribution >= 0.6 is 11.6 Å². The fraction of sp³-hybridized carbons (Fsp3) is 0.200. The lowest BCUT2D eigenvalue weighted by molar-refractivity contribution is -0.317. The van der Waals surface area contributed by atoms with E-state index in [0.29, 0.717) is 5.56 Å². The zero-order valence-corrected chi connectivity index (χ0v) is 13.2. The Kier molecular flexibility index (Phi) is 4.34. The number of carbonyl (C=O) groups excluding carboxylic acids is 1. The summed E-state index contributed by atoms with van der Waals surface area (Å²) in [6.07, 6.45) is -2.03. The summed E-state index contributed by atoms with van der Waals surface area (Å²) in [6.45, 7) is -0.0214. The molecular formula is C15H11ClF3N3O3. The molecule has 1 atom stereocenters. The van der Waals surface area contributed by atoms with Crippen LogP contribution in [0.15, 0.2) is 42.7 Å². The second-order valence-corrected chi connectivity index (χ2v) is 5.51. The number of hydrogen-bond acceptors (Lipinski definition) is 4. The molecule has 3 rings (SSSR count). The van der Waals surface area contributed by atoms with E-state index in [0.717, 1.165) is 0 Å². The fourth-order valence-corrected chi connectivity index (χ4v) is 2.25. The van der Waals surface area contributed by atoms with Gasteiger partial charge >= 0.3 is 18.1 Å². The van der Waals surface area contributed by atoms with E-state index in [1.165, 1.54) is 30.6 Å². The third-order valence-electron chi connectivity index (χ3n) is 3.24. The molecule has 2 aromatic rings. The van der Waals surface area contributed by atoms with E-state index in [1.807, 2.05) is 0 Å². The van der Waals surface area contributed by atoms with E-state index in [9.17, 15) is 18.0 Å². The molecule has 1 aliphatic heterocycles. The smallest absolute Gasteiger partial charge is 0.424 e. The molecule has 2 amide bonds. The normalized spacial score (nSPS) is 18.7. The monoisotopic (exact) mass is 373 g/mol. The van der Waals surface area contributed by atoms with Gasteiger partial charge in [0.1, 0.15) is 0 Å². The molecule has 1 aliphatic rings. The van der Waals surface area contributed by atoms with Crippen LogP contribution in [0.25, 0.3) is 0 Å². The first-order valence-corrected chi connectivity index (χ1v) is 7.36. The quantitative estimate of drug-likeness (QED) is 0.866. The highest BCUT2D eigenvalue weighted by atomic mass is 35.5. The topological polar surface area (TPSA) is 72.5 Å². The van der Waals surface area contributed by atoms with Crippen molar-refractivity contribution in [1.82, 2.24) is 15.6 Å². The molecule has 6 nitrogen and oxygen atoms in total. The minimum Gasteiger partial charge on any atom is -0.424 e. The van der Waals surface area contributed by atoms with Crippen LogP contribution < -0.4 is 20.1 Å². The predicted octanol–water partition coefficient (Wildman–Crippen LogP) is 3.22. The number of urea groups is 1. The highest BCUT2D eigenvalue weighted by Crippen LogP contribution is 2.45. The molecule has 25 heavy (non-hydrogen) atoms. The molecule has 0 spiro atoms. The number of pyridine rings is 1. The summed E-state index contributed by atoms with van der Waals surface area (Å²) in [6, 6.07) is 5.90. The predicted molar refractivity (Wildman–Crippen MR) is 81.1 cm³/mol. The number of nitrogens with one attached hydrogen (secondary N) is 2. The molecule has 0 radical (unpaired) electrons. The summed E-state index contributed by atoms with van der Waals surface area (Å²) in [4.78, 5) is 15.8. The number of amides is 2. The van der Waals surface area contributed by atoms with Gasteiger partial charge in [-0.15, -0.1) is 0 Å². The second kappa shape index (κ2) is 6.32. The lowest BCUT2D eigenvalue weighted by atomic mass is 10.3. The van der Waals surface area contributed by atoms with Gasteiger partial charge in [-0.05, 0) is 23.8 Å². The van der Waals surface area contributed by atoms with Crippen LogP contribution in [0.1, 0.15) is 5.56 Å². The Hall–Kier alpha value is -2.68. The molecule has 1 aromatic heterocycles. The van der Waals surface area contributed by atoms with Crippen LogP contribution in [0.4, 0.5) is 18.0 Å². The summed E-state index contributed by atoms with van der Waals surface area (Å²) in [5.41, 5.74) is 0.613. The summed E-state index contributed by atoms with van der Waals surface area (Å²) < 4.78 is 50.1. The number of carbonyl (C=O) groups is 1. The zero-order chi connectivity index (χ0) is 18.1. The Morgan fingerprint density at radius 2 is 2.00 bits per heavy atom. The molecule has 0 unspecified atom stereocenters. The van der Waals surface area contributed by atoms with Crippen LogP contribution in [-0.4, -0.2) is 23.1 Å². The van der Waals surface area contributed by atoms with Crippen LogP contribution in [0.2, 0.25) is 5.02 Å². The van der Waals surface area contributed by atoms with E-state index >= 15 is 0 Å². The van der Waals surface area contributed by atoms with E-state index in [-0.39, 0.29) is 23.1 Å². The van der Waals surface area contributed by atoms with Crippen LogP contribution in [-0.2, 0) is 6.54 Å². The molecule has 2 N–H and O–H groups in total. The van der Waals surface area contributed by atoms with Crippen molar-refractivity contribution in [2.75, 3.05) is 0 Å². The number of ether oxygens (including phenoxy) is 2. The molecule has 2 heterocycles. The van der Waals surface area contributed by atoms with E-state index in [2.05, 4.69) is 10.3 Å². The van der Waals surface area contributed by atoms with Crippen LogP contribution in [0.5, 0.6) is 11.5 Å². The Bertz CT molecular complexity index is 789. The summed E-state index contributed by atoms with van der Waals surface area (Å²) >= 11 is 5.73. The van der Waals surface area contributed by atoms with Crippen LogP contribution in [0, 0.1) is 0 Å². The van der Waals surface area contributed by atoms with Gasteiger partial charge in [-0.1, -0.05) is 17.7 Å². The van der Waals surface area contributed by atoms with Gasteiger partial charge in [0, 0.05) is 30.0 Å². The van der Waals surface area contributed by atoms with Crippen LogP contribution in [0.3, 0.4) is 0 Å². The first kappa shape index (κ1) is 17.2. The number of alkyl halides is 3. The number of nitrogens with zero attached hydrogens (tertiary/aromatic N) is 1. The molecule has 1 aromatic carbocycles. The van der Waals surface area contributed by atoms with Crippen molar-refractivity contribution in [1.29, 1.82) is 0 Å². The number of fused-ring (bicyclic) bond motifs is 1. The van der Waals surface area contributed by atoms with E-state index in [1.54, 1.807) is 17.4 Å². The molecular weight excluding hydrogens is 363 g/mol. The van der Waals surface area contributed by atoms with Gasteiger partial charge in [-0.3, -0.25) is 10.3 Å². The highest BCUT2D eigenvalue weighted by Gasteiger charge is 2.65. The van der Waals surface area contributed by atoms with Gasteiger partial charge in [0.2, 0.25) is 0 Å². The third kappa shape index (κ3) is 3.55. The van der Waals surface area contributed by atoms with Gasteiger partial charge in [0.15, 0.2) is 11.5 Å². The van der Waals surface area contributed by atoms with Crippen molar-refractivity contribution in [3.63, 3.8) is 0 Å². The molecule has 0 aliphatic carbocycles. The van der Waals surface area contributed by atoms with Gasteiger partial charge in [-0.2, -0.15) is 13.2 Å². The largest absolute Gasteiger partial charge is 0.492 e. The number of rotatable bonds is 3. The van der Waals surface area contributed by atoms with Crippen molar-refractivity contribution < 1.29 is 27.4 Å². The minimum atomic E-state index is -5.04. The third-order valence-corrected chi connectivity index (χ3v) is 3.48. The Morgan fingerprint density at radius 1 is 1.24 bits per heavy atom. The maximum absolute atomic E-state index is 13.5. The van der Waals surface area contributed by atoms with Gasteiger partial charge in [-0.25, -0.2) is 4.79 Å². The highest BCUT2D eigenvalue weighted by molar-refractivity contribution is 6.30. The van der Waals surface area contributed by atoms with Crippen molar-refractivity contribution >= 4 is 17.6 Å². The maximum Gasteiger partial charge on any atom is 0.492 e. The Morgan fingerprint density at radius 3 is 2.68 bits per heavy atom. The van der Waals surface area contributed by atoms with Crippen molar-refractivity contribution in [2.24, 2.45) is 0 Å². The Balaban J connectivity index is 1.74. The molecule has 132 valence electrons. The number of hydrogen-bond donors (Lipinski definition) is 2. The molecule has 0 saturated carbocycles. The molecule has 10 heteroatoms. The molecule has 0 saturated heterocycles. The van der Waals surface area contributed by atoms with Gasteiger partial charge in [0.05, 0.1) is 0 Å². The lowest BCUT2D eigenvalue weighted by Gasteiger charge is -2.29. The van der Waals surface area contributed by atoms with Crippen molar-refractivity contribution in [3.8, 4) is 11.5 Å². The Labute approximate surface area is 144 Å². The summed E-state index contributed by atoms with van der Waals surface area (Å²) in [7, 11) is 0. The number of benzene rings is 1. The SMILES string of the molecule is O=C(NCc1cccnc1)N[C@]1(C(F)(F)F)Oc2ccc(Cl)cc2O1. The summed E-state index contributed by atoms with van der Waals surface area (Å²) in [5, 5.41) is 4.14. The van der Waals surface area contributed by atoms with E-state index in [4.69, 9.17) is 21.1 Å². The second-order valence-electron chi connectivity index (χ2n) is 5.08. The average molecular weight is 374 g/mol. The van der Waals surface area contributed by atoms with Crippen molar-refractivity contribution in [2.45, 2.75) is 18.6 Å². The standard InChI is InChI=1S/C15H11ClF3N3O3/c16-10-3-4-11-12(6-10)25-15(24-11,14(17,18)19)22-13(23)21-8-9-2-1-5-20-7-9/h1-7H,8H2,(H2,21,22,23)/t15-/m1/s1. The zero-order valence-electron chi connectivity index (χ0n) is 12.4. The average Bonchev–Trinajstić information content (AvgIpc) is 2.92. The fourth-order valence-electron chi connectivity index (χ4n) is 2.09. The van der Waals surface area contributed by atoms with E-state index < -0.39 is 18.1 Å². The van der Waals surface area contributed by atoms with Gasteiger partial charge < -0.3 is 14.8 Å².